The number of amides is 1. The Morgan fingerprint density at radius 2 is 1.71 bits per heavy atom. The molecule has 0 saturated carbocycles. The average Bonchev–Trinajstić information content (AvgIpc) is 2.70. The fourth-order valence-electron chi connectivity index (χ4n) is 2.84. The van der Waals surface area contributed by atoms with Crippen molar-refractivity contribution in [2.75, 3.05) is 7.11 Å². The van der Waals surface area contributed by atoms with E-state index in [0.29, 0.717) is 11.1 Å². The average molecular weight is 449 g/mol. The third-order valence-electron chi connectivity index (χ3n) is 4.13. The van der Waals surface area contributed by atoms with E-state index >= 15 is 0 Å². The second kappa shape index (κ2) is 10.1. The Bertz CT molecular complexity index is 1100. The number of nitro groups is 1. The number of carbonyl (C=O) groups excluding carboxylic acids is 2. The smallest absolute Gasteiger partial charge is 0.338 e. The molecule has 0 aliphatic rings. The molecule has 0 fully saturated rings. The molecule has 0 heterocycles. The highest BCUT2D eigenvalue weighted by Gasteiger charge is 2.19. The van der Waals surface area contributed by atoms with E-state index in [0.717, 1.165) is 19.2 Å². The van der Waals surface area contributed by atoms with Crippen molar-refractivity contribution in [3.8, 4) is 0 Å². The van der Waals surface area contributed by atoms with Crippen molar-refractivity contribution in [2.45, 2.75) is 32.2 Å². The van der Waals surface area contributed by atoms with Crippen LogP contribution in [0.5, 0.6) is 0 Å². The van der Waals surface area contributed by atoms with Gasteiger partial charge in [0.1, 0.15) is 0 Å². The highest BCUT2D eigenvalue weighted by Crippen LogP contribution is 2.19. The maximum atomic E-state index is 12.6. The van der Waals surface area contributed by atoms with Crippen LogP contribution in [0.25, 0.3) is 0 Å². The van der Waals surface area contributed by atoms with E-state index in [1.54, 1.807) is 38.1 Å². The zero-order chi connectivity index (χ0) is 23.2. The van der Waals surface area contributed by atoms with Crippen molar-refractivity contribution in [3.05, 3.63) is 74.8 Å². The fraction of sp³-hybridized carbons (Fsp3) is 0.300. The van der Waals surface area contributed by atoms with E-state index < -0.39 is 32.5 Å². The monoisotopic (exact) mass is 449 g/mol. The summed E-state index contributed by atoms with van der Waals surface area (Å²) in [6, 6.07) is 9.71. The van der Waals surface area contributed by atoms with Crippen LogP contribution in [0.15, 0.2) is 42.5 Å². The predicted octanol–water partition coefficient (Wildman–Crippen LogP) is 2.14. The van der Waals surface area contributed by atoms with Crippen LogP contribution in [-0.4, -0.2) is 38.4 Å². The normalized spacial score (nSPS) is 11.2. The van der Waals surface area contributed by atoms with Gasteiger partial charge in [0.25, 0.3) is 11.6 Å². The van der Waals surface area contributed by atoms with Gasteiger partial charge >= 0.3 is 5.97 Å². The molecular weight excluding hydrogens is 426 g/mol. The van der Waals surface area contributed by atoms with Gasteiger partial charge in [-0.2, -0.15) is 0 Å². The molecule has 1 amide bonds. The number of methoxy groups -OCH3 is 1. The number of nitro benzene ring substituents is 1. The molecular formula is C20H23N3O7S. The van der Waals surface area contributed by atoms with Gasteiger partial charge < -0.3 is 10.1 Å². The number of non-ortho nitro benzene ring substituents is 1. The van der Waals surface area contributed by atoms with Gasteiger partial charge in [-0.3, -0.25) is 14.9 Å². The Hall–Kier alpha value is -3.31. The lowest BCUT2D eigenvalue weighted by atomic mass is 10.1. The molecule has 0 saturated heterocycles. The van der Waals surface area contributed by atoms with Gasteiger partial charge in [0.2, 0.25) is 10.0 Å². The Labute approximate surface area is 179 Å². The van der Waals surface area contributed by atoms with Crippen LogP contribution in [0.2, 0.25) is 0 Å². The topological polar surface area (TPSA) is 145 Å². The summed E-state index contributed by atoms with van der Waals surface area (Å²) in [5.41, 5.74) is 0.419. The molecule has 2 aromatic carbocycles. The van der Waals surface area contributed by atoms with E-state index in [1.807, 2.05) is 0 Å². The summed E-state index contributed by atoms with van der Waals surface area (Å²) >= 11 is 0. The lowest BCUT2D eigenvalue weighted by Crippen LogP contribution is -2.32. The highest BCUT2D eigenvalue weighted by molar-refractivity contribution is 7.88. The van der Waals surface area contributed by atoms with Crippen LogP contribution >= 0.6 is 0 Å². The summed E-state index contributed by atoms with van der Waals surface area (Å²) in [7, 11) is -2.44. The van der Waals surface area contributed by atoms with Gasteiger partial charge in [0.15, 0.2) is 0 Å². The molecule has 2 N–H and O–H groups in total. The highest BCUT2D eigenvalue weighted by atomic mass is 32.2. The van der Waals surface area contributed by atoms with Gasteiger partial charge in [-0.05, 0) is 31.0 Å². The quantitative estimate of drug-likeness (QED) is 0.339. The first kappa shape index (κ1) is 24.0. The third-order valence-corrected chi connectivity index (χ3v) is 5.65. The van der Waals surface area contributed by atoms with Gasteiger partial charge in [0.05, 0.1) is 23.3 Å². The molecule has 2 aromatic rings. The minimum atomic E-state index is -3.57. The van der Waals surface area contributed by atoms with E-state index in [-0.39, 0.29) is 29.5 Å². The minimum Gasteiger partial charge on any atom is -0.465 e. The third kappa shape index (κ3) is 6.86. The summed E-state index contributed by atoms with van der Waals surface area (Å²) in [5, 5.41) is 13.7. The molecule has 0 radical (unpaired) electrons. The molecule has 166 valence electrons. The number of hydrogen-bond donors (Lipinski definition) is 2. The van der Waals surface area contributed by atoms with Crippen molar-refractivity contribution in [2.24, 2.45) is 0 Å². The number of nitrogens with one attached hydrogen (secondary N) is 2. The predicted molar refractivity (Wildman–Crippen MR) is 113 cm³/mol. The Morgan fingerprint density at radius 3 is 2.29 bits per heavy atom. The number of hydrogen-bond acceptors (Lipinski definition) is 7. The molecule has 2 rings (SSSR count). The van der Waals surface area contributed by atoms with Crippen molar-refractivity contribution in [1.29, 1.82) is 0 Å². The Balaban J connectivity index is 2.23. The van der Waals surface area contributed by atoms with Gasteiger partial charge in [0, 0.05) is 30.3 Å². The van der Waals surface area contributed by atoms with E-state index in [1.165, 1.54) is 6.07 Å². The van der Waals surface area contributed by atoms with Crippen molar-refractivity contribution < 1.29 is 27.7 Å². The lowest BCUT2D eigenvalue weighted by Gasteiger charge is -2.13. The zero-order valence-electron chi connectivity index (χ0n) is 17.2. The van der Waals surface area contributed by atoms with Crippen LogP contribution in [0.3, 0.4) is 0 Å². The van der Waals surface area contributed by atoms with Crippen molar-refractivity contribution in [1.82, 2.24) is 10.0 Å². The molecule has 10 nitrogen and oxygen atoms in total. The Morgan fingerprint density at radius 1 is 1.10 bits per heavy atom. The maximum absolute atomic E-state index is 12.6. The fourth-order valence-corrected chi connectivity index (χ4v) is 4.33. The second-order valence-corrected chi connectivity index (χ2v) is 8.75. The van der Waals surface area contributed by atoms with Crippen LogP contribution in [0.1, 0.15) is 45.7 Å². The van der Waals surface area contributed by atoms with E-state index in [9.17, 15) is 28.1 Å². The largest absolute Gasteiger partial charge is 0.465 e. The molecule has 0 aromatic heterocycles. The van der Waals surface area contributed by atoms with Crippen LogP contribution in [0, 0.1) is 10.1 Å². The molecule has 0 bridgehead atoms. The summed E-state index contributed by atoms with van der Waals surface area (Å²) in [6.45, 7) is 3.42. The number of rotatable bonds is 9. The summed E-state index contributed by atoms with van der Waals surface area (Å²) in [5.74, 6) is -1.74. The summed E-state index contributed by atoms with van der Waals surface area (Å²) < 4.78 is 31.6. The van der Waals surface area contributed by atoms with Gasteiger partial charge in [-0.1, -0.05) is 24.3 Å². The molecule has 0 aliphatic carbocycles. The molecule has 0 atom stereocenters. The number of ether oxygens (including phenoxy) is 1. The summed E-state index contributed by atoms with van der Waals surface area (Å²) in [6.07, 6.45) is 0. The van der Waals surface area contributed by atoms with Gasteiger partial charge in [-0.15, -0.1) is 0 Å². The van der Waals surface area contributed by atoms with Crippen LogP contribution in [0.4, 0.5) is 5.69 Å². The number of sulfonamides is 1. The van der Waals surface area contributed by atoms with E-state index in [4.69, 9.17) is 0 Å². The first-order valence-corrected chi connectivity index (χ1v) is 10.9. The number of carbonyl (C=O) groups is 2. The summed E-state index contributed by atoms with van der Waals surface area (Å²) in [4.78, 5) is 34.8. The first-order valence-electron chi connectivity index (χ1n) is 9.25. The number of esters is 1. The van der Waals surface area contributed by atoms with Gasteiger partial charge in [-0.25, -0.2) is 17.9 Å². The standard InChI is InChI=1S/C20H23N3O7S/c1-13(2)22-31(28,29)12-15-7-5-4-6-14(15)11-21-19(24)16-8-17(20(25)30-3)10-18(9-16)23(26)27/h4-10,13,22H,11-12H2,1-3H3,(H,21,24). The lowest BCUT2D eigenvalue weighted by molar-refractivity contribution is -0.384. The second-order valence-electron chi connectivity index (χ2n) is 7.00. The molecule has 11 heteroatoms. The molecule has 0 aliphatic heterocycles. The van der Waals surface area contributed by atoms with Crippen LogP contribution < -0.4 is 10.0 Å². The van der Waals surface area contributed by atoms with Crippen molar-refractivity contribution >= 4 is 27.6 Å². The van der Waals surface area contributed by atoms with E-state index in [2.05, 4.69) is 14.8 Å². The first-order chi connectivity index (χ1) is 14.5. The maximum Gasteiger partial charge on any atom is 0.338 e. The molecule has 0 spiro atoms. The number of nitrogens with zero attached hydrogens (tertiary/aromatic N) is 1. The van der Waals surface area contributed by atoms with Crippen LogP contribution in [-0.2, 0) is 27.1 Å². The van der Waals surface area contributed by atoms with Crippen molar-refractivity contribution in [3.63, 3.8) is 0 Å². The molecule has 0 unspecified atom stereocenters. The zero-order valence-corrected chi connectivity index (χ0v) is 18.1. The SMILES string of the molecule is COC(=O)c1cc(C(=O)NCc2ccccc2CS(=O)(=O)NC(C)C)cc([N+](=O)[O-])c1. The Kier molecular flexibility index (Phi) is 7.83. The molecule has 31 heavy (non-hydrogen) atoms. The number of benzene rings is 2. The minimum absolute atomic E-state index is 0.0115.